The number of hydrogen-bond acceptors (Lipinski definition) is 2. The molecule has 2 rings (SSSR count). The topological polar surface area (TPSA) is 26.0 Å². The summed E-state index contributed by atoms with van der Waals surface area (Å²) in [6.45, 7) is 6.62. The van der Waals surface area contributed by atoms with E-state index in [0.29, 0.717) is 17.4 Å². The number of hydrogen-bond donors (Lipinski definition) is 1. The quantitative estimate of drug-likeness (QED) is 0.824. The summed E-state index contributed by atoms with van der Waals surface area (Å²) in [5.41, 5.74) is 6.33. The van der Waals surface area contributed by atoms with Crippen LogP contribution in [0.3, 0.4) is 0 Å². The maximum absolute atomic E-state index is 6.03. The van der Waals surface area contributed by atoms with Gasteiger partial charge in [0.2, 0.25) is 0 Å². The Morgan fingerprint density at radius 1 is 1.54 bits per heavy atom. The van der Waals surface area contributed by atoms with Crippen molar-refractivity contribution < 1.29 is 0 Å². The molecular formula is C10H14BrNS. The van der Waals surface area contributed by atoms with Crippen LogP contribution in [0.5, 0.6) is 0 Å². The van der Waals surface area contributed by atoms with Crippen molar-refractivity contribution in [1.82, 2.24) is 0 Å². The van der Waals surface area contributed by atoms with Crippen LogP contribution in [0, 0.1) is 12.3 Å². The first-order valence-electron chi connectivity index (χ1n) is 4.46. The van der Waals surface area contributed by atoms with E-state index in [4.69, 9.17) is 5.73 Å². The summed E-state index contributed by atoms with van der Waals surface area (Å²) >= 11 is 5.40. The average Bonchev–Trinajstić information content (AvgIpc) is 2.34. The Bertz CT molecular complexity index is 323. The van der Waals surface area contributed by atoms with Crippen molar-refractivity contribution in [2.45, 2.75) is 32.7 Å². The van der Waals surface area contributed by atoms with Crippen LogP contribution in [-0.4, -0.2) is 6.04 Å². The fourth-order valence-corrected chi connectivity index (χ4v) is 3.76. The van der Waals surface area contributed by atoms with Gasteiger partial charge in [0, 0.05) is 26.2 Å². The molecule has 2 atom stereocenters. The monoisotopic (exact) mass is 259 g/mol. The summed E-state index contributed by atoms with van der Waals surface area (Å²) in [6, 6.07) is 2.57. The van der Waals surface area contributed by atoms with Crippen molar-refractivity contribution in [1.29, 1.82) is 0 Å². The standard InChI is InChI=1S/C10H14BrNS/c1-5-6(11)4-7(13-5)8-9(12)10(8,2)3/h4,8-9H,12H2,1-3H3/t8-,9-/m1/s1. The molecule has 13 heavy (non-hydrogen) atoms. The summed E-state index contributed by atoms with van der Waals surface area (Å²) in [5, 5.41) is 0. The van der Waals surface area contributed by atoms with Gasteiger partial charge in [-0.25, -0.2) is 0 Å². The zero-order chi connectivity index (χ0) is 9.80. The predicted molar refractivity (Wildman–Crippen MR) is 61.3 cm³/mol. The predicted octanol–water partition coefficient (Wildman–Crippen LogP) is 3.27. The highest BCUT2D eigenvalue weighted by Gasteiger charge is 2.56. The lowest BCUT2D eigenvalue weighted by Gasteiger charge is -1.97. The minimum Gasteiger partial charge on any atom is -0.327 e. The van der Waals surface area contributed by atoms with E-state index in [-0.39, 0.29) is 0 Å². The second kappa shape index (κ2) is 2.81. The van der Waals surface area contributed by atoms with Gasteiger partial charge < -0.3 is 5.73 Å². The third-order valence-electron chi connectivity index (χ3n) is 3.09. The van der Waals surface area contributed by atoms with E-state index in [1.54, 1.807) is 0 Å². The zero-order valence-electron chi connectivity index (χ0n) is 8.10. The van der Waals surface area contributed by atoms with Gasteiger partial charge in [0.1, 0.15) is 0 Å². The van der Waals surface area contributed by atoms with Crippen LogP contribution in [0.25, 0.3) is 0 Å². The Balaban J connectivity index is 2.29. The van der Waals surface area contributed by atoms with Crippen LogP contribution >= 0.6 is 27.3 Å². The highest BCUT2D eigenvalue weighted by atomic mass is 79.9. The Morgan fingerprint density at radius 2 is 2.08 bits per heavy atom. The van der Waals surface area contributed by atoms with Gasteiger partial charge in [-0.15, -0.1) is 11.3 Å². The Hall–Kier alpha value is 0.140. The maximum atomic E-state index is 6.03. The molecule has 1 aliphatic rings. The van der Waals surface area contributed by atoms with E-state index in [0.717, 1.165) is 0 Å². The van der Waals surface area contributed by atoms with E-state index >= 15 is 0 Å². The first-order valence-corrected chi connectivity index (χ1v) is 6.07. The van der Waals surface area contributed by atoms with Gasteiger partial charge in [-0.2, -0.15) is 0 Å². The Kier molecular flexibility index (Phi) is 2.10. The van der Waals surface area contributed by atoms with Crippen LogP contribution in [0.2, 0.25) is 0 Å². The molecule has 0 saturated heterocycles. The minimum atomic E-state index is 0.302. The zero-order valence-corrected chi connectivity index (χ0v) is 10.5. The molecule has 0 unspecified atom stereocenters. The first-order chi connectivity index (χ1) is 5.94. The average molecular weight is 260 g/mol. The van der Waals surface area contributed by atoms with Gasteiger partial charge >= 0.3 is 0 Å². The van der Waals surface area contributed by atoms with Crippen LogP contribution < -0.4 is 5.73 Å². The van der Waals surface area contributed by atoms with Crippen molar-refractivity contribution in [3.8, 4) is 0 Å². The molecule has 72 valence electrons. The van der Waals surface area contributed by atoms with Gasteiger partial charge in [-0.05, 0) is 34.3 Å². The third kappa shape index (κ3) is 1.37. The normalized spacial score (nSPS) is 30.5. The molecule has 1 aliphatic carbocycles. The van der Waals surface area contributed by atoms with E-state index in [1.165, 1.54) is 14.2 Å². The molecule has 1 saturated carbocycles. The minimum absolute atomic E-state index is 0.302. The number of aryl methyl sites for hydroxylation is 1. The third-order valence-corrected chi connectivity index (χ3v) is 5.31. The van der Waals surface area contributed by atoms with E-state index in [2.05, 4.69) is 42.8 Å². The summed E-state index contributed by atoms with van der Waals surface area (Å²) in [4.78, 5) is 2.78. The molecule has 1 aromatic heterocycles. The summed E-state index contributed by atoms with van der Waals surface area (Å²) in [5.74, 6) is 0.572. The molecule has 3 heteroatoms. The van der Waals surface area contributed by atoms with E-state index in [9.17, 15) is 0 Å². The number of halogens is 1. The number of nitrogens with two attached hydrogens (primary N) is 1. The summed E-state index contributed by atoms with van der Waals surface area (Å²) < 4.78 is 1.22. The molecule has 0 radical (unpaired) electrons. The fraction of sp³-hybridized carbons (Fsp3) is 0.600. The molecule has 1 fully saturated rings. The van der Waals surface area contributed by atoms with Crippen LogP contribution in [0.4, 0.5) is 0 Å². The Labute approximate surface area is 91.5 Å². The SMILES string of the molecule is Cc1sc([C@@H]2[C@@H](N)C2(C)C)cc1Br. The van der Waals surface area contributed by atoms with Crippen molar-refractivity contribution in [3.63, 3.8) is 0 Å². The van der Waals surface area contributed by atoms with Crippen molar-refractivity contribution in [2.24, 2.45) is 11.1 Å². The van der Waals surface area contributed by atoms with Gasteiger partial charge in [-0.1, -0.05) is 13.8 Å². The molecule has 0 bridgehead atoms. The molecule has 2 N–H and O–H groups in total. The van der Waals surface area contributed by atoms with E-state index < -0.39 is 0 Å². The second-order valence-corrected chi connectivity index (χ2v) is 6.52. The van der Waals surface area contributed by atoms with Crippen molar-refractivity contribution >= 4 is 27.3 Å². The summed E-state index contributed by atoms with van der Waals surface area (Å²) in [6.07, 6.45) is 0. The summed E-state index contributed by atoms with van der Waals surface area (Å²) in [7, 11) is 0. The van der Waals surface area contributed by atoms with Gasteiger partial charge in [-0.3, -0.25) is 0 Å². The molecule has 0 aromatic carbocycles. The number of thiophene rings is 1. The lowest BCUT2D eigenvalue weighted by atomic mass is 10.1. The lowest BCUT2D eigenvalue weighted by Crippen LogP contribution is -2.06. The van der Waals surface area contributed by atoms with Crippen molar-refractivity contribution in [2.75, 3.05) is 0 Å². The van der Waals surface area contributed by atoms with Crippen LogP contribution in [0.1, 0.15) is 29.5 Å². The lowest BCUT2D eigenvalue weighted by molar-refractivity contribution is 0.601. The van der Waals surface area contributed by atoms with Crippen LogP contribution in [0.15, 0.2) is 10.5 Å². The molecule has 0 spiro atoms. The molecule has 1 nitrogen and oxygen atoms in total. The molecular weight excluding hydrogens is 246 g/mol. The number of rotatable bonds is 1. The molecule has 0 aliphatic heterocycles. The highest BCUT2D eigenvalue weighted by Crippen LogP contribution is 2.59. The van der Waals surface area contributed by atoms with E-state index in [1.807, 2.05) is 11.3 Å². The Morgan fingerprint density at radius 3 is 2.38 bits per heavy atom. The molecule has 1 aromatic rings. The van der Waals surface area contributed by atoms with Gasteiger partial charge in [0.25, 0.3) is 0 Å². The van der Waals surface area contributed by atoms with Gasteiger partial charge in [0.15, 0.2) is 0 Å². The second-order valence-electron chi connectivity index (χ2n) is 4.38. The van der Waals surface area contributed by atoms with Gasteiger partial charge in [0.05, 0.1) is 0 Å². The smallest absolute Gasteiger partial charge is 0.0314 e. The molecule has 0 amide bonds. The fourth-order valence-electron chi connectivity index (χ4n) is 1.86. The maximum Gasteiger partial charge on any atom is 0.0314 e. The highest BCUT2D eigenvalue weighted by molar-refractivity contribution is 9.10. The van der Waals surface area contributed by atoms with Crippen LogP contribution in [-0.2, 0) is 0 Å². The van der Waals surface area contributed by atoms with Crippen molar-refractivity contribution in [3.05, 3.63) is 20.3 Å². The first kappa shape index (κ1) is 9.69. The molecule has 1 heterocycles. The largest absolute Gasteiger partial charge is 0.327 e.